The standard InChI is InChI=1S/C17H18N6O4S2/c1-4-5-23-14(25)11(10(3)19-16(23)26)6-13-21-22-17(27-13)29-8-12(24)20-15-18-9(2)7-28-15/h4,7H,1,5-6,8H2,2-3H3,(H,19,26)(H,18,20,24). The first-order valence-electron chi connectivity index (χ1n) is 8.48. The molecule has 0 aliphatic heterocycles. The summed E-state index contributed by atoms with van der Waals surface area (Å²) >= 11 is 2.42. The zero-order valence-electron chi connectivity index (χ0n) is 15.7. The molecule has 0 aliphatic carbocycles. The third-order valence-electron chi connectivity index (χ3n) is 3.78. The topological polar surface area (TPSA) is 136 Å². The summed E-state index contributed by atoms with van der Waals surface area (Å²) in [6.45, 7) is 7.12. The molecule has 0 aliphatic rings. The van der Waals surface area contributed by atoms with E-state index in [9.17, 15) is 14.4 Å². The number of hydrogen-bond donors (Lipinski definition) is 2. The zero-order valence-corrected chi connectivity index (χ0v) is 17.4. The van der Waals surface area contributed by atoms with Gasteiger partial charge in [0.2, 0.25) is 11.8 Å². The average molecular weight is 435 g/mol. The molecule has 10 nitrogen and oxygen atoms in total. The van der Waals surface area contributed by atoms with E-state index in [0.717, 1.165) is 22.0 Å². The van der Waals surface area contributed by atoms with Crippen molar-refractivity contribution in [2.75, 3.05) is 11.1 Å². The summed E-state index contributed by atoms with van der Waals surface area (Å²) in [5.41, 5.74) is 0.689. The molecule has 3 aromatic heterocycles. The number of nitrogens with zero attached hydrogens (tertiary/aromatic N) is 4. The van der Waals surface area contributed by atoms with Gasteiger partial charge in [0.25, 0.3) is 10.8 Å². The van der Waals surface area contributed by atoms with Crippen LogP contribution in [0.3, 0.4) is 0 Å². The molecule has 0 saturated heterocycles. The summed E-state index contributed by atoms with van der Waals surface area (Å²) in [6, 6.07) is 0. The highest BCUT2D eigenvalue weighted by Crippen LogP contribution is 2.19. The Balaban J connectivity index is 1.65. The summed E-state index contributed by atoms with van der Waals surface area (Å²) in [4.78, 5) is 43.2. The van der Waals surface area contributed by atoms with Crippen molar-refractivity contribution in [1.29, 1.82) is 0 Å². The summed E-state index contributed by atoms with van der Waals surface area (Å²) in [6.07, 6.45) is 1.53. The molecule has 0 saturated carbocycles. The Hall–Kier alpha value is -2.99. The third kappa shape index (κ3) is 5.09. The Bertz CT molecular complexity index is 1160. The van der Waals surface area contributed by atoms with Crippen molar-refractivity contribution >= 4 is 34.1 Å². The maximum atomic E-state index is 12.5. The van der Waals surface area contributed by atoms with Gasteiger partial charge in [-0.2, -0.15) is 0 Å². The predicted octanol–water partition coefficient (Wildman–Crippen LogP) is 1.50. The van der Waals surface area contributed by atoms with Gasteiger partial charge in [-0.25, -0.2) is 9.78 Å². The van der Waals surface area contributed by atoms with E-state index < -0.39 is 11.2 Å². The predicted molar refractivity (Wildman–Crippen MR) is 110 cm³/mol. The van der Waals surface area contributed by atoms with Crippen molar-refractivity contribution in [3.05, 3.63) is 61.7 Å². The van der Waals surface area contributed by atoms with Crippen LogP contribution >= 0.6 is 23.1 Å². The molecule has 0 unspecified atom stereocenters. The number of aromatic amines is 1. The quantitative estimate of drug-likeness (QED) is 0.402. The van der Waals surface area contributed by atoms with Gasteiger partial charge in [-0.15, -0.1) is 28.1 Å². The van der Waals surface area contributed by atoms with Crippen molar-refractivity contribution in [1.82, 2.24) is 24.7 Å². The van der Waals surface area contributed by atoms with Crippen molar-refractivity contribution < 1.29 is 9.21 Å². The number of nitrogens with one attached hydrogen (secondary N) is 2. The van der Waals surface area contributed by atoms with Gasteiger partial charge in [0.15, 0.2) is 5.13 Å². The van der Waals surface area contributed by atoms with Crippen LogP contribution in [0.5, 0.6) is 0 Å². The fraction of sp³-hybridized carbons (Fsp3) is 0.294. The van der Waals surface area contributed by atoms with Crippen LogP contribution in [-0.2, 0) is 17.8 Å². The zero-order chi connectivity index (χ0) is 21.0. The van der Waals surface area contributed by atoms with Gasteiger partial charge < -0.3 is 14.7 Å². The van der Waals surface area contributed by atoms with E-state index >= 15 is 0 Å². The van der Waals surface area contributed by atoms with Gasteiger partial charge in [0.05, 0.1) is 17.9 Å². The van der Waals surface area contributed by atoms with Crippen LogP contribution < -0.4 is 16.6 Å². The second kappa shape index (κ2) is 9.01. The molecule has 0 aromatic carbocycles. The normalized spacial score (nSPS) is 10.8. The number of thioether (sulfide) groups is 1. The summed E-state index contributed by atoms with van der Waals surface area (Å²) < 4.78 is 6.57. The molecule has 1 amide bonds. The van der Waals surface area contributed by atoms with Crippen LogP contribution in [0.1, 0.15) is 22.8 Å². The van der Waals surface area contributed by atoms with E-state index in [2.05, 4.69) is 32.1 Å². The number of allylic oxidation sites excluding steroid dienone is 1. The number of rotatable bonds is 8. The van der Waals surface area contributed by atoms with Gasteiger partial charge in [0, 0.05) is 23.2 Å². The van der Waals surface area contributed by atoms with E-state index in [0.29, 0.717) is 16.4 Å². The Morgan fingerprint density at radius 1 is 1.41 bits per heavy atom. The van der Waals surface area contributed by atoms with Crippen LogP contribution in [0.2, 0.25) is 0 Å². The largest absolute Gasteiger partial charge is 0.416 e. The van der Waals surface area contributed by atoms with Crippen molar-refractivity contribution in [3.63, 3.8) is 0 Å². The van der Waals surface area contributed by atoms with Gasteiger partial charge in [-0.05, 0) is 13.8 Å². The summed E-state index contributed by atoms with van der Waals surface area (Å²) in [7, 11) is 0. The van der Waals surface area contributed by atoms with Crippen LogP contribution in [0, 0.1) is 13.8 Å². The fourth-order valence-corrected chi connectivity index (χ4v) is 3.72. The smallest absolute Gasteiger partial charge is 0.328 e. The maximum Gasteiger partial charge on any atom is 0.328 e. The fourth-order valence-electron chi connectivity index (χ4n) is 2.44. The Kier molecular flexibility index (Phi) is 6.44. The van der Waals surface area contributed by atoms with Gasteiger partial charge in [-0.3, -0.25) is 14.2 Å². The Labute approximate surface area is 173 Å². The number of H-pyrrole nitrogens is 1. The molecule has 0 spiro atoms. The minimum Gasteiger partial charge on any atom is -0.416 e. The van der Waals surface area contributed by atoms with E-state index in [4.69, 9.17) is 4.42 Å². The van der Waals surface area contributed by atoms with Gasteiger partial charge >= 0.3 is 5.69 Å². The minimum absolute atomic E-state index is 0.0662. The lowest BCUT2D eigenvalue weighted by Gasteiger charge is -2.06. The van der Waals surface area contributed by atoms with Gasteiger partial charge in [-0.1, -0.05) is 17.8 Å². The first-order valence-corrected chi connectivity index (χ1v) is 10.3. The lowest BCUT2D eigenvalue weighted by Crippen LogP contribution is -2.37. The van der Waals surface area contributed by atoms with E-state index in [1.165, 1.54) is 17.4 Å². The molecule has 0 bridgehead atoms. The number of thiazole rings is 1. The van der Waals surface area contributed by atoms with Crippen molar-refractivity contribution in [2.24, 2.45) is 0 Å². The second-order valence-electron chi connectivity index (χ2n) is 6.01. The molecule has 0 atom stereocenters. The number of aryl methyl sites for hydroxylation is 2. The molecule has 152 valence electrons. The van der Waals surface area contributed by atoms with Gasteiger partial charge in [0.1, 0.15) is 0 Å². The summed E-state index contributed by atoms with van der Waals surface area (Å²) in [5, 5.41) is 13.1. The first kappa shape index (κ1) is 20.7. The maximum absolute atomic E-state index is 12.5. The lowest BCUT2D eigenvalue weighted by atomic mass is 10.1. The molecule has 3 aromatic rings. The molecule has 12 heteroatoms. The average Bonchev–Trinajstić information content (AvgIpc) is 3.29. The highest BCUT2D eigenvalue weighted by atomic mass is 32.2. The van der Waals surface area contributed by atoms with E-state index in [1.807, 2.05) is 12.3 Å². The van der Waals surface area contributed by atoms with Crippen LogP contribution in [0.4, 0.5) is 5.13 Å². The second-order valence-corrected chi connectivity index (χ2v) is 7.79. The Morgan fingerprint density at radius 2 is 2.21 bits per heavy atom. The van der Waals surface area contributed by atoms with Crippen molar-refractivity contribution in [2.45, 2.75) is 32.0 Å². The molecule has 0 fully saturated rings. The molecule has 29 heavy (non-hydrogen) atoms. The number of hydrogen-bond acceptors (Lipinski definition) is 9. The number of carbonyl (C=O) groups is 1. The van der Waals surface area contributed by atoms with Crippen molar-refractivity contribution in [3.8, 4) is 0 Å². The molecule has 3 heterocycles. The molecule has 0 radical (unpaired) electrons. The number of carbonyl (C=O) groups excluding carboxylic acids is 1. The Morgan fingerprint density at radius 3 is 2.90 bits per heavy atom. The van der Waals surface area contributed by atoms with E-state index in [-0.39, 0.29) is 35.7 Å². The number of amides is 1. The number of aromatic nitrogens is 5. The van der Waals surface area contributed by atoms with Crippen LogP contribution in [-0.4, -0.2) is 36.4 Å². The van der Waals surface area contributed by atoms with Crippen LogP contribution in [0.15, 0.2) is 37.3 Å². The highest BCUT2D eigenvalue weighted by molar-refractivity contribution is 7.99. The SMILES string of the molecule is C=CCn1c(=O)[nH]c(C)c(Cc2nnc(SCC(=O)Nc3nc(C)cs3)o2)c1=O. The molecular weight excluding hydrogens is 416 g/mol. The molecular formula is C17H18N6O4S2. The third-order valence-corrected chi connectivity index (χ3v) is 5.47. The minimum atomic E-state index is -0.501. The monoisotopic (exact) mass is 434 g/mol. The number of anilines is 1. The highest BCUT2D eigenvalue weighted by Gasteiger charge is 2.16. The molecule has 2 N–H and O–H groups in total. The van der Waals surface area contributed by atoms with E-state index in [1.54, 1.807) is 6.92 Å². The molecule has 3 rings (SSSR count). The van der Waals surface area contributed by atoms with Crippen LogP contribution in [0.25, 0.3) is 0 Å². The lowest BCUT2D eigenvalue weighted by molar-refractivity contribution is -0.113. The first-order chi connectivity index (χ1) is 13.9. The summed E-state index contributed by atoms with van der Waals surface area (Å²) in [5.74, 6) is 0.0399.